The summed E-state index contributed by atoms with van der Waals surface area (Å²) in [5, 5.41) is 0. The number of nitrogens with zero attached hydrogens (tertiary/aromatic N) is 1. The number of rotatable bonds is 2. The fraction of sp³-hybridized carbons (Fsp3) is 0.800. The molecule has 12 heavy (non-hydrogen) atoms. The van der Waals surface area contributed by atoms with Crippen molar-refractivity contribution in [3.8, 4) is 0 Å². The fourth-order valence-electron chi connectivity index (χ4n) is 1.04. The molecule has 2 N–H and O–H groups in total. The zero-order chi connectivity index (χ0) is 8.97. The molecule has 1 unspecified atom stereocenters. The molecule has 0 radical (unpaired) electrons. The summed E-state index contributed by atoms with van der Waals surface area (Å²) in [7, 11) is 0. The van der Waals surface area contributed by atoms with E-state index >= 15 is 0 Å². The van der Waals surface area contributed by atoms with Gasteiger partial charge < -0.3 is 9.74 Å². The minimum atomic E-state index is -2.31. The van der Waals surface area contributed by atoms with E-state index in [1.165, 1.54) is 4.90 Å². The van der Waals surface area contributed by atoms with Crippen LogP contribution in [0.2, 0.25) is 0 Å². The van der Waals surface area contributed by atoms with Crippen molar-refractivity contribution in [1.82, 2.24) is 9.79 Å². The van der Waals surface area contributed by atoms with Crippen LogP contribution < -0.4 is 4.89 Å². The Labute approximate surface area is 72.2 Å². The van der Waals surface area contributed by atoms with Gasteiger partial charge in [-0.1, -0.05) is 0 Å². The van der Waals surface area contributed by atoms with Crippen molar-refractivity contribution in [2.45, 2.75) is 12.8 Å². The van der Waals surface area contributed by atoms with Gasteiger partial charge in [-0.05, 0) is 17.7 Å². The van der Waals surface area contributed by atoms with Crippen LogP contribution in [0.4, 0.5) is 4.79 Å². The van der Waals surface area contributed by atoms with Crippen molar-refractivity contribution in [2.24, 2.45) is 0 Å². The average Bonchev–Trinajstić information content (AvgIpc) is 2.51. The van der Waals surface area contributed by atoms with Gasteiger partial charge >= 0.3 is 6.09 Å². The molecule has 1 amide bonds. The first kappa shape index (κ1) is 9.43. The summed E-state index contributed by atoms with van der Waals surface area (Å²) in [5.74, 6) is 0. The summed E-state index contributed by atoms with van der Waals surface area (Å²) in [4.78, 5) is 18.4. The predicted molar refractivity (Wildman–Crippen MR) is 41.2 cm³/mol. The number of carbonyl (C=O) groups is 1. The molecule has 1 heterocycles. The van der Waals surface area contributed by atoms with Gasteiger partial charge in [-0.25, -0.2) is 9.00 Å². The molecule has 0 aromatic rings. The van der Waals surface area contributed by atoms with E-state index < -0.39 is 17.4 Å². The Morgan fingerprint density at radius 2 is 2.08 bits per heavy atom. The zero-order valence-electron chi connectivity index (χ0n) is 6.36. The van der Waals surface area contributed by atoms with Gasteiger partial charge in [0.15, 0.2) is 0 Å². The van der Waals surface area contributed by atoms with Crippen LogP contribution in [0.15, 0.2) is 0 Å². The van der Waals surface area contributed by atoms with Crippen molar-refractivity contribution < 1.29 is 18.4 Å². The van der Waals surface area contributed by atoms with E-state index in [4.69, 9.17) is 4.55 Å². The van der Waals surface area contributed by atoms with Crippen molar-refractivity contribution >= 4 is 17.4 Å². The second-order valence-electron chi connectivity index (χ2n) is 2.39. The van der Waals surface area contributed by atoms with Gasteiger partial charge in [0.05, 0.1) is 0 Å². The van der Waals surface area contributed by atoms with E-state index in [1.54, 1.807) is 4.89 Å². The highest BCUT2D eigenvalue weighted by Crippen LogP contribution is 2.07. The van der Waals surface area contributed by atoms with E-state index in [2.05, 4.69) is 4.84 Å². The standard InChI is InChI=1S/C5H10N2O4S/c8-5(11-6-12(9)10)7-3-1-2-4-7/h6H,1-4H2,(H,9,10). The minimum Gasteiger partial charge on any atom is -0.338 e. The summed E-state index contributed by atoms with van der Waals surface area (Å²) in [6.45, 7) is 1.30. The van der Waals surface area contributed by atoms with Crippen LogP contribution in [0.3, 0.4) is 0 Å². The lowest BCUT2D eigenvalue weighted by Crippen LogP contribution is -2.33. The third kappa shape index (κ3) is 2.76. The molecular formula is C5H10N2O4S. The molecule has 7 heteroatoms. The van der Waals surface area contributed by atoms with Gasteiger partial charge in [0.2, 0.25) is 0 Å². The fourth-order valence-corrected chi connectivity index (χ4v) is 1.18. The van der Waals surface area contributed by atoms with Crippen molar-refractivity contribution in [3.63, 3.8) is 0 Å². The Morgan fingerprint density at radius 1 is 1.50 bits per heavy atom. The lowest BCUT2D eigenvalue weighted by atomic mass is 10.4. The maximum absolute atomic E-state index is 10.9. The molecule has 1 atom stereocenters. The molecule has 0 spiro atoms. The van der Waals surface area contributed by atoms with Crippen LogP contribution in [-0.2, 0) is 16.1 Å². The summed E-state index contributed by atoms with van der Waals surface area (Å²) in [6, 6.07) is 0. The molecule has 1 aliphatic heterocycles. The van der Waals surface area contributed by atoms with Gasteiger partial charge in [0, 0.05) is 13.1 Å². The maximum Gasteiger partial charge on any atom is 0.429 e. The number of hydrogen-bond donors (Lipinski definition) is 2. The Morgan fingerprint density at radius 3 is 2.58 bits per heavy atom. The number of nitrogens with one attached hydrogen (secondary N) is 1. The van der Waals surface area contributed by atoms with E-state index in [0.29, 0.717) is 13.1 Å². The van der Waals surface area contributed by atoms with Crippen molar-refractivity contribution in [2.75, 3.05) is 13.1 Å². The van der Waals surface area contributed by atoms with Crippen LogP contribution in [0, 0.1) is 0 Å². The SMILES string of the molecule is O=C(ONS(=O)O)N1CCCC1. The zero-order valence-corrected chi connectivity index (χ0v) is 7.17. The van der Waals surface area contributed by atoms with Crippen molar-refractivity contribution in [3.05, 3.63) is 0 Å². The number of amides is 1. The van der Waals surface area contributed by atoms with Gasteiger partial charge in [0.25, 0.3) is 11.3 Å². The number of likely N-dealkylation sites (tertiary alicyclic amines) is 1. The number of hydrogen-bond acceptors (Lipinski definition) is 3. The summed E-state index contributed by atoms with van der Waals surface area (Å²) < 4.78 is 18.2. The molecular weight excluding hydrogens is 184 g/mol. The minimum absolute atomic E-state index is 0.602. The summed E-state index contributed by atoms with van der Waals surface area (Å²) in [6.07, 6.45) is 1.31. The number of carbonyl (C=O) groups excluding carboxylic acids is 1. The first-order chi connectivity index (χ1) is 5.70. The molecule has 0 aromatic carbocycles. The van der Waals surface area contributed by atoms with Crippen LogP contribution in [0.25, 0.3) is 0 Å². The molecule has 70 valence electrons. The van der Waals surface area contributed by atoms with Gasteiger partial charge in [-0.15, -0.1) is 0 Å². The average molecular weight is 194 g/mol. The highest BCUT2D eigenvalue weighted by atomic mass is 32.2. The smallest absolute Gasteiger partial charge is 0.338 e. The van der Waals surface area contributed by atoms with Crippen LogP contribution in [0.1, 0.15) is 12.8 Å². The second kappa shape index (κ2) is 4.39. The Hall–Kier alpha value is -0.660. The van der Waals surface area contributed by atoms with Crippen LogP contribution in [-0.4, -0.2) is 32.8 Å². The Bertz CT molecular complexity index is 192. The van der Waals surface area contributed by atoms with E-state index in [-0.39, 0.29) is 0 Å². The van der Waals surface area contributed by atoms with E-state index in [0.717, 1.165) is 12.8 Å². The highest BCUT2D eigenvalue weighted by Gasteiger charge is 2.19. The monoisotopic (exact) mass is 194 g/mol. The van der Waals surface area contributed by atoms with Gasteiger partial charge in [-0.2, -0.15) is 0 Å². The van der Waals surface area contributed by atoms with Crippen LogP contribution >= 0.6 is 0 Å². The maximum atomic E-state index is 10.9. The lowest BCUT2D eigenvalue weighted by Gasteiger charge is -2.12. The lowest BCUT2D eigenvalue weighted by molar-refractivity contribution is 0.0903. The molecule has 6 nitrogen and oxygen atoms in total. The Balaban J connectivity index is 2.23. The molecule has 0 saturated carbocycles. The van der Waals surface area contributed by atoms with E-state index in [9.17, 15) is 9.00 Å². The molecule has 0 aliphatic carbocycles. The quantitative estimate of drug-likeness (QED) is 0.473. The first-order valence-electron chi connectivity index (χ1n) is 3.52. The normalized spacial score (nSPS) is 19.2. The molecule has 1 rings (SSSR count). The summed E-state index contributed by atoms with van der Waals surface area (Å²) in [5.41, 5.74) is 0. The van der Waals surface area contributed by atoms with Crippen molar-refractivity contribution in [1.29, 1.82) is 0 Å². The predicted octanol–water partition coefficient (Wildman–Crippen LogP) is -0.140. The van der Waals surface area contributed by atoms with Crippen LogP contribution in [0.5, 0.6) is 0 Å². The molecule has 1 fully saturated rings. The highest BCUT2D eigenvalue weighted by molar-refractivity contribution is 7.76. The topological polar surface area (TPSA) is 78.9 Å². The Kier molecular flexibility index (Phi) is 3.45. The molecule has 1 saturated heterocycles. The molecule has 1 aliphatic rings. The third-order valence-corrected chi connectivity index (χ3v) is 1.79. The molecule has 0 aromatic heterocycles. The third-order valence-electron chi connectivity index (χ3n) is 1.56. The van der Waals surface area contributed by atoms with E-state index in [1.807, 2.05) is 0 Å². The molecule has 0 bridgehead atoms. The largest absolute Gasteiger partial charge is 0.429 e. The van der Waals surface area contributed by atoms with Gasteiger partial charge in [0.1, 0.15) is 0 Å². The summed E-state index contributed by atoms with van der Waals surface area (Å²) >= 11 is -2.31. The van der Waals surface area contributed by atoms with Gasteiger partial charge in [-0.3, -0.25) is 4.55 Å². The first-order valence-corrected chi connectivity index (χ1v) is 4.63. The second-order valence-corrected chi connectivity index (χ2v) is 3.06.